The first-order valence-electron chi connectivity index (χ1n) is 9.43. The van der Waals surface area contributed by atoms with Crippen molar-refractivity contribution < 1.29 is 27.4 Å². The van der Waals surface area contributed by atoms with Gasteiger partial charge in [0.25, 0.3) is 5.91 Å². The smallest absolute Gasteiger partial charge is 0.251 e. The fraction of sp³-hybridized carbons (Fsp3) is 0.381. The van der Waals surface area contributed by atoms with E-state index in [-0.39, 0.29) is 42.5 Å². The Hall–Kier alpha value is -2.62. The molecule has 0 saturated carbocycles. The number of hydrogen-bond donors (Lipinski definition) is 2. The number of rotatable bonds is 11. The maximum absolute atomic E-state index is 12.5. The van der Waals surface area contributed by atoms with Gasteiger partial charge in [-0.15, -0.1) is 0 Å². The van der Waals surface area contributed by atoms with Crippen molar-refractivity contribution in [1.82, 2.24) is 10.0 Å². The molecule has 2 rings (SSSR count). The lowest BCUT2D eigenvalue weighted by atomic mass is 10.1. The van der Waals surface area contributed by atoms with E-state index in [1.165, 1.54) is 32.4 Å². The lowest BCUT2D eigenvalue weighted by molar-refractivity contribution is 0.0946. The number of carbonyl (C=O) groups is 1. The van der Waals surface area contributed by atoms with E-state index in [0.29, 0.717) is 0 Å². The molecule has 0 unspecified atom stereocenters. The van der Waals surface area contributed by atoms with Crippen LogP contribution in [-0.2, 0) is 14.8 Å². The zero-order valence-electron chi connectivity index (χ0n) is 17.7. The molecule has 0 heterocycles. The van der Waals surface area contributed by atoms with Gasteiger partial charge in [0, 0.05) is 19.2 Å². The Balaban J connectivity index is 2.01. The van der Waals surface area contributed by atoms with E-state index in [9.17, 15) is 13.2 Å². The maximum Gasteiger partial charge on any atom is 0.251 e. The molecular formula is C21H28N2O6S. The van der Waals surface area contributed by atoms with Crippen LogP contribution >= 0.6 is 0 Å². The van der Waals surface area contributed by atoms with Crippen LogP contribution in [0.5, 0.6) is 11.5 Å². The number of methoxy groups -OCH3 is 2. The Morgan fingerprint density at radius 3 is 2.37 bits per heavy atom. The molecule has 1 amide bonds. The summed E-state index contributed by atoms with van der Waals surface area (Å²) in [5, 5.41) is 2.73. The summed E-state index contributed by atoms with van der Waals surface area (Å²) < 4.78 is 43.2. The highest BCUT2D eigenvalue weighted by Gasteiger charge is 2.21. The number of amides is 1. The molecule has 0 fully saturated rings. The molecule has 2 aromatic rings. The van der Waals surface area contributed by atoms with Crippen LogP contribution in [0.15, 0.2) is 41.3 Å². The summed E-state index contributed by atoms with van der Waals surface area (Å²) in [5.74, 6) is 0.500. The van der Waals surface area contributed by atoms with Gasteiger partial charge in [-0.25, -0.2) is 13.1 Å². The van der Waals surface area contributed by atoms with Gasteiger partial charge < -0.3 is 19.5 Å². The van der Waals surface area contributed by atoms with Crippen molar-refractivity contribution in [3.63, 3.8) is 0 Å². The third-order valence-corrected chi connectivity index (χ3v) is 5.77. The summed E-state index contributed by atoms with van der Waals surface area (Å²) in [5.41, 5.74) is 2.37. The molecule has 0 spiro atoms. The van der Waals surface area contributed by atoms with Crippen LogP contribution in [0.3, 0.4) is 0 Å². The Labute approximate surface area is 177 Å². The van der Waals surface area contributed by atoms with Crippen LogP contribution in [0.1, 0.15) is 21.5 Å². The fourth-order valence-electron chi connectivity index (χ4n) is 2.77. The van der Waals surface area contributed by atoms with E-state index in [0.717, 1.165) is 16.9 Å². The minimum absolute atomic E-state index is 0.105. The van der Waals surface area contributed by atoms with Gasteiger partial charge in [-0.3, -0.25) is 4.79 Å². The second kappa shape index (κ2) is 11.0. The number of ether oxygens (including phenoxy) is 3. The van der Waals surface area contributed by atoms with Gasteiger partial charge >= 0.3 is 0 Å². The van der Waals surface area contributed by atoms with Gasteiger partial charge in [0.15, 0.2) is 0 Å². The quantitative estimate of drug-likeness (QED) is 0.523. The topological polar surface area (TPSA) is 103 Å². The molecule has 0 atom stereocenters. The minimum atomic E-state index is -3.86. The summed E-state index contributed by atoms with van der Waals surface area (Å²) in [7, 11) is -1.02. The van der Waals surface area contributed by atoms with Crippen LogP contribution < -0.4 is 19.5 Å². The highest BCUT2D eigenvalue weighted by Crippen LogP contribution is 2.25. The lowest BCUT2D eigenvalue weighted by Crippen LogP contribution is -2.30. The fourth-order valence-corrected chi connectivity index (χ4v) is 3.98. The molecule has 8 nitrogen and oxygen atoms in total. The number of nitrogens with one attached hydrogen (secondary N) is 2. The highest BCUT2D eigenvalue weighted by molar-refractivity contribution is 7.89. The van der Waals surface area contributed by atoms with E-state index < -0.39 is 15.9 Å². The normalized spacial score (nSPS) is 11.2. The first kappa shape index (κ1) is 23.7. The molecule has 0 aliphatic rings. The Kier molecular flexibility index (Phi) is 8.64. The number of carbonyl (C=O) groups excluding carboxylic acids is 1. The Bertz CT molecular complexity index is 975. The summed E-state index contributed by atoms with van der Waals surface area (Å²) >= 11 is 0. The maximum atomic E-state index is 12.5. The predicted octanol–water partition coefficient (Wildman–Crippen LogP) is 2.05. The van der Waals surface area contributed by atoms with Gasteiger partial charge in [-0.2, -0.15) is 0 Å². The number of sulfonamides is 1. The monoisotopic (exact) mass is 436 g/mol. The molecule has 164 valence electrons. The first-order valence-corrected chi connectivity index (χ1v) is 10.9. The summed E-state index contributed by atoms with van der Waals surface area (Å²) in [6.07, 6.45) is 0. The summed E-state index contributed by atoms with van der Waals surface area (Å²) in [4.78, 5) is 12.4. The van der Waals surface area contributed by atoms with Crippen molar-refractivity contribution in [3.8, 4) is 11.5 Å². The predicted molar refractivity (Wildman–Crippen MR) is 114 cm³/mol. The van der Waals surface area contributed by atoms with E-state index >= 15 is 0 Å². The van der Waals surface area contributed by atoms with Crippen LogP contribution in [0, 0.1) is 13.8 Å². The van der Waals surface area contributed by atoms with Crippen molar-refractivity contribution >= 4 is 15.9 Å². The Morgan fingerprint density at radius 1 is 0.967 bits per heavy atom. The number of hydrogen-bond acceptors (Lipinski definition) is 6. The SMILES string of the molecule is COCCNS(=O)(=O)c1cc(C(=O)NCCOc2ccc(C)cc2C)ccc1OC. The van der Waals surface area contributed by atoms with E-state index in [4.69, 9.17) is 14.2 Å². The first-order chi connectivity index (χ1) is 14.3. The van der Waals surface area contributed by atoms with Crippen LogP contribution in [0.25, 0.3) is 0 Å². The number of aryl methyl sites for hydroxylation is 2. The van der Waals surface area contributed by atoms with Gasteiger partial charge in [0.05, 0.1) is 20.3 Å². The minimum Gasteiger partial charge on any atom is -0.495 e. The molecule has 9 heteroatoms. The van der Waals surface area contributed by atoms with Crippen molar-refractivity contribution in [2.45, 2.75) is 18.7 Å². The third kappa shape index (κ3) is 6.45. The van der Waals surface area contributed by atoms with Gasteiger partial charge in [0.2, 0.25) is 10.0 Å². The molecule has 0 bridgehead atoms. The zero-order chi connectivity index (χ0) is 22.1. The van der Waals surface area contributed by atoms with Gasteiger partial charge in [-0.1, -0.05) is 17.7 Å². The van der Waals surface area contributed by atoms with Crippen LogP contribution in [0.4, 0.5) is 0 Å². The summed E-state index contributed by atoms with van der Waals surface area (Å²) in [6.45, 7) is 4.85. The average Bonchev–Trinajstić information content (AvgIpc) is 2.72. The Morgan fingerprint density at radius 2 is 1.70 bits per heavy atom. The van der Waals surface area contributed by atoms with E-state index in [2.05, 4.69) is 10.0 Å². The molecular weight excluding hydrogens is 408 g/mol. The molecule has 0 aromatic heterocycles. The standard InChI is InChI=1S/C21H28N2O6S/c1-15-5-7-18(16(2)13-15)29-12-9-22-21(24)17-6-8-19(28-4)20(14-17)30(25,26)23-10-11-27-3/h5-8,13-14,23H,9-12H2,1-4H3,(H,22,24). The number of benzene rings is 2. The third-order valence-electron chi connectivity index (χ3n) is 4.29. The molecule has 0 radical (unpaired) electrons. The molecule has 0 aliphatic heterocycles. The molecule has 30 heavy (non-hydrogen) atoms. The van der Waals surface area contributed by atoms with Crippen molar-refractivity contribution in [3.05, 3.63) is 53.1 Å². The summed E-state index contributed by atoms with van der Waals surface area (Å²) in [6, 6.07) is 10.1. The van der Waals surface area contributed by atoms with Gasteiger partial charge in [-0.05, 0) is 43.7 Å². The van der Waals surface area contributed by atoms with Crippen LogP contribution in [0.2, 0.25) is 0 Å². The highest BCUT2D eigenvalue weighted by atomic mass is 32.2. The molecule has 2 aromatic carbocycles. The largest absolute Gasteiger partial charge is 0.495 e. The van der Waals surface area contributed by atoms with Crippen LogP contribution in [-0.4, -0.2) is 54.8 Å². The van der Waals surface area contributed by atoms with Crippen molar-refractivity contribution in [1.29, 1.82) is 0 Å². The molecule has 2 N–H and O–H groups in total. The average molecular weight is 437 g/mol. The second-order valence-corrected chi connectivity index (χ2v) is 8.36. The van der Waals surface area contributed by atoms with Crippen molar-refractivity contribution in [2.75, 3.05) is 40.5 Å². The lowest BCUT2D eigenvalue weighted by Gasteiger charge is -2.13. The van der Waals surface area contributed by atoms with E-state index in [1.54, 1.807) is 0 Å². The molecule has 0 saturated heterocycles. The second-order valence-electron chi connectivity index (χ2n) is 6.63. The van der Waals surface area contributed by atoms with Gasteiger partial charge in [0.1, 0.15) is 23.0 Å². The van der Waals surface area contributed by atoms with Crippen molar-refractivity contribution in [2.24, 2.45) is 0 Å². The van der Waals surface area contributed by atoms with E-state index in [1.807, 2.05) is 32.0 Å². The zero-order valence-corrected chi connectivity index (χ0v) is 18.5. The molecule has 0 aliphatic carbocycles.